The maximum Gasteiger partial charge on any atom is 0.318 e. The van der Waals surface area contributed by atoms with Crippen molar-refractivity contribution in [3.8, 4) is 0 Å². The average Bonchev–Trinajstić information content (AvgIpc) is 2.85. The zero-order chi connectivity index (χ0) is 14.9. The summed E-state index contributed by atoms with van der Waals surface area (Å²) >= 11 is 0. The summed E-state index contributed by atoms with van der Waals surface area (Å²) in [6, 6.07) is 3.68. The van der Waals surface area contributed by atoms with Crippen LogP contribution in [0.3, 0.4) is 0 Å². The minimum absolute atomic E-state index is 0.0284. The number of hydrogen-bond donors (Lipinski definition) is 2. The second kappa shape index (κ2) is 5.42. The van der Waals surface area contributed by atoms with Crippen molar-refractivity contribution in [1.82, 2.24) is 10.2 Å². The quantitative estimate of drug-likeness (QED) is 0.816. The maximum absolute atomic E-state index is 12.2. The molecule has 1 aromatic heterocycles. The zero-order valence-electron chi connectivity index (χ0n) is 11.9. The lowest BCUT2D eigenvalue weighted by Gasteiger charge is -2.61. The van der Waals surface area contributed by atoms with Gasteiger partial charge in [0.2, 0.25) is 0 Å². The summed E-state index contributed by atoms with van der Waals surface area (Å²) in [6.07, 6.45) is 5.66. The molecule has 0 bridgehead atoms. The number of rotatable bonds is 5. The molecule has 0 aromatic carbocycles. The summed E-state index contributed by atoms with van der Waals surface area (Å²) in [6.45, 7) is 1.16. The lowest BCUT2D eigenvalue weighted by molar-refractivity contribution is -0.137. The van der Waals surface area contributed by atoms with Gasteiger partial charge in [0.25, 0.3) is 0 Å². The molecular formula is C15H20N2O4. The van der Waals surface area contributed by atoms with Crippen LogP contribution in [0.5, 0.6) is 0 Å². The van der Waals surface area contributed by atoms with Gasteiger partial charge in [0.1, 0.15) is 5.76 Å². The van der Waals surface area contributed by atoms with E-state index in [1.807, 2.05) is 12.1 Å². The first-order valence-electron chi connectivity index (χ1n) is 7.42. The Morgan fingerprint density at radius 2 is 2.29 bits per heavy atom. The highest BCUT2D eigenvalue weighted by Crippen LogP contribution is 2.60. The van der Waals surface area contributed by atoms with E-state index in [1.54, 1.807) is 11.2 Å². The third kappa shape index (κ3) is 2.50. The van der Waals surface area contributed by atoms with E-state index in [4.69, 9.17) is 9.52 Å². The molecule has 1 aliphatic carbocycles. The third-order valence-corrected chi connectivity index (χ3v) is 4.64. The minimum Gasteiger partial charge on any atom is -0.481 e. The molecule has 2 fully saturated rings. The van der Waals surface area contributed by atoms with Crippen molar-refractivity contribution < 1.29 is 19.1 Å². The number of nitrogens with zero attached hydrogens (tertiary/aromatic N) is 1. The number of carboxylic acid groups (broad SMARTS) is 1. The number of hydrogen-bond acceptors (Lipinski definition) is 3. The zero-order valence-corrected chi connectivity index (χ0v) is 11.9. The van der Waals surface area contributed by atoms with Crippen LogP contribution in [0, 0.1) is 5.41 Å². The Morgan fingerprint density at radius 3 is 2.86 bits per heavy atom. The van der Waals surface area contributed by atoms with Gasteiger partial charge in [-0.05, 0) is 31.4 Å². The summed E-state index contributed by atoms with van der Waals surface area (Å²) in [5.41, 5.74) is 0.205. The highest BCUT2D eigenvalue weighted by atomic mass is 16.4. The van der Waals surface area contributed by atoms with Crippen molar-refractivity contribution >= 4 is 12.0 Å². The van der Waals surface area contributed by atoms with E-state index in [2.05, 4.69) is 5.32 Å². The van der Waals surface area contributed by atoms with Gasteiger partial charge in [0.15, 0.2) is 0 Å². The van der Waals surface area contributed by atoms with Crippen LogP contribution in [0.4, 0.5) is 4.79 Å². The van der Waals surface area contributed by atoms with Crippen LogP contribution < -0.4 is 5.32 Å². The number of carboxylic acids is 1. The maximum atomic E-state index is 12.2. The van der Waals surface area contributed by atoms with Crippen molar-refractivity contribution in [2.45, 2.75) is 38.1 Å². The first-order chi connectivity index (χ1) is 10.1. The van der Waals surface area contributed by atoms with E-state index >= 15 is 0 Å². The Kier molecular flexibility index (Phi) is 3.61. The molecule has 2 aliphatic rings. The van der Waals surface area contributed by atoms with Gasteiger partial charge >= 0.3 is 12.0 Å². The van der Waals surface area contributed by atoms with Crippen molar-refractivity contribution in [3.05, 3.63) is 24.2 Å². The molecule has 1 aromatic rings. The fourth-order valence-electron chi connectivity index (χ4n) is 3.43. The first-order valence-corrected chi connectivity index (χ1v) is 7.42. The molecule has 2 amide bonds. The normalized spacial score (nSPS) is 22.5. The summed E-state index contributed by atoms with van der Waals surface area (Å²) in [5, 5.41) is 11.4. The van der Waals surface area contributed by atoms with Gasteiger partial charge in [0, 0.05) is 24.9 Å². The number of likely N-dealkylation sites (tertiary alicyclic amines) is 1. The summed E-state index contributed by atoms with van der Waals surface area (Å²) in [4.78, 5) is 24.5. The first kappa shape index (κ1) is 14.0. The van der Waals surface area contributed by atoms with Crippen LogP contribution in [0.2, 0.25) is 0 Å². The van der Waals surface area contributed by atoms with E-state index < -0.39 is 5.97 Å². The van der Waals surface area contributed by atoms with Gasteiger partial charge in [-0.3, -0.25) is 4.79 Å². The molecule has 1 aliphatic heterocycles. The predicted octanol–water partition coefficient (Wildman–Crippen LogP) is 2.38. The molecular weight excluding hydrogens is 272 g/mol. The molecule has 6 nitrogen and oxygen atoms in total. The highest BCUT2D eigenvalue weighted by molar-refractivity contribution is 5.76. The van der Waals surface area contributed by atoms with Gasteiger partial charge in [-0.2, -0.15) is 0 Å². The number of carbonyl (C=O) groups is 2. The van der Waals surface area contributed by atoms with Gasteiger partial charge in [0.05, 0.1) is 12.3 Å². The molecule has 0 radical (unpaired) electrons. The Balaban J connectivity index is 1.57. The van der Waals surface area contributed by atoms with Crippen molar-refractivity contribution in [1.29, 1.82) is 0 Å². The van der Waals surface area contributed by atoms with Crippen molar-refractivity contribution in [3.63, 3.8) is 0 Å². The molecule has 6 heteroatoms. The largest absolute Gasteiger partial charge is 0.481 e. The van der Waals surface area contributed by atoms with Gasteiger partial charge in [-0.1, -0.05) is 6.42 Å². The third-order valence-electron chi connectivity index (χ3n) is 4.64. The molecule has 21 heavy (non-hydrogen) atoms. The van der Waals surface area contributed by atoms with E-state index in [-0.39, 0.29) is 23.9 Å². The summed E-state index contributed by atoms with van der Waals surface area (Å²) < 4.78 is 5.51. The van der Waals surface area contributed by atoms with Crippen molar-refractivity contribution in [2.75, 3.05) is 13.1 Å². The topological polar surface area (TPSA) is 82.8 Å². The molecule has 3 rings (SSSR count). The van der Waals surface area contributed by atoms with Crippen LogP contribution in [-0.2, 0) is 4.79 Å². The van der Waals surface area contributed by atoms with Crippen LogP contribution >= 0.6 is 0 Å². The predicted molar refractivity (Wildman–Crippen MR) is 74.7 cm³/mol. The fraction of sp³-hybridized carbons (Fsp3) is 0.600. The molecule has 1 spiro atoms. The van der Waals surface area contributed by atoms with E-state index in [0.717, 1.165) is 25.1 Å². The Bertz CT molecular complexity index is 522. The van der Waals surface area contributed by atoms with Gasteiger partial charge < -0.3 is 19.7 Å². The minimum atomic E-state index is -0.838. The fourth-order valence-corrected chi connectivity index (χ4v) is 3.43. The second-order valence-electron chi connectivity index (χ2n) is 5.99. The molecule has 114 valence electrons. The SMILES string of the molecule is O=C(O)CCCNC(=O)N1CC2(CCC2)C1c1ccco1. The number of amides is 2. The summed E-state index contributed by atoms with van der Waals surface area (Å²) in [5.74, 6) is 0.0109. The second-order valence-corrected chi connectivity index (χ2v) is 5.99. The van der Waals surface area contributed by atoms with Crippen LogP contribution in [-0.4, -0.2) is 35.1 Å². The number of furan rings is 1. The van der Waals surface area contributed by atoms with Gasteiger partial charge in [-0.15, -0.1) is 0 Å². The van der Waals surface area contributed by atoms with Crippen LogP contribution in [0.25, 0.3) is 0 Å². The van der Waals surface area contributed by atoms with Crippen LogP contribution in [0.1, 0.15) is 43.9 Å². The lowest BCUT2D eigenvalue weighted by atomic mass is 9.57. The Hall–Kier alpha value is -1.98. The highest BCUT2D eigenvalue weighted by Gasteiger charge is 2.59. The molecule has 2 heterocycles. The van der Waals surface area contributed by atoms with E-state index in [9.17, 15) is 9.59 Å². The summed E-state index contributed by atoms with van der Waals surface area (Å²) in [7, 11) is 0. The molecule has 1 atom stereocenters. The van der Waals surface area contributed by atoms with Crippen LogP contribution in [0.15, 0.2) is 22.8 Å². The van der Waals surface area contributed by atoms with E-state index in [0.29, 0.717) is 13.0 Å². The Labute approximate surface area is 123 Å². The average molecular weight is 292 g/mol. The standard InChI is InChI=1S/C15H20N2O4/c18-12(19)5-1-8-16-14(20)17-10-15(6-3-7-15)13(17)11-4-2-9-21-11/h2,4,9,13H,1,3,5-8,10H2,(H,16,20)(H,18,19). The lowest BCUT2D eigenvalue weighted by Crippen LogP contribution is -2.65. The molecule has 2 N–H and O–H groups in total. The monoisotopic (exact) mass is 292 g/mol. The molecule has 1 saturated carbocycles. The van der Waals surface area contributed by atoms with Crippen molar-refractivity contribution in [2.24, 2.45) is 5.41 Å². The van der Waals surface area contributed by atoms with Gasteiger partial charge in [-0.25, -0.2) is 4.79 Å². The Morgan fingerprint density at radius 1 is 1.48 bits per heavy atom. The molecule has 1 unspecified atom stereocenters. The number of urea groups is 1. The smallest absolute Gasteiger partial charge is 0.318 e. The molecule has 1 saturated heterocycles. The van der Waals surface area contributed by atoms with E-state index in [1.165, 1.54) is 6.42 Å². The number of carbonyl (C=O) groups excluding carboxylic acids is 1. The number of nitrogens with one attached hydrogen (secondary N) is 1. The number of aliphatic carboxylic acids is 1.